The second-order valence-corrected chi connectivity index (χ2v) is 2.67. The number of nitro groups is 1. The van der Waals surface area contributed by atoms with E-state index in [0.29, 0.717) is 0 Å². The van der Waals surface area contributed by atoms with Crippen LogP contribution in [0.25, 0.3) is 0 Å². The maximum Gasteiger partial charge on any atom is 0.389 e. The minimum Gasteiger partial charge on any atom is -0.358 e. The van der Waals surface area contributed by atoms with Crippen molar-refractivity contribution < 1.29 is 4.92 Å². The molecule has 1 aromatic heterocycles. The van der Waals surface area contributed by atoms with Gasteiger partial charge in [-0.1, -0.05) is 6.92 Å². The van der Waals surface area contributed by atoms with E-state index in [-0.39, 0.29) is 11.9 Å². The summed E-state index contributed by atoms with van der Waals surface area (Å²) >= 11 is 0. The van der Waals surface area contributed by atoms with Crippen LogP contribution in [0, 0.1) is 10.1 Å². The number of hydrogen-bond donors (Lipinski definition) is 0. The molecule has 0 aliphatic heterocycles. The lowest BCUT2D eigenvalue weighted by atomic mass is 10.3. The molecule has 0 spiro atoms. The summed E-state index contributed by atoms with van der Waals surface area (Å²) in [5.74, 6) is -0.0877. The van der Waals surface area contributed by atoms with Gasteiger partial charge in [0.1, 0.15) is 0 Å². The van der Waals surface area contributed by atoms with Crippen molar-refractivity contribution in [1.29, 1.82) is 0 Å². The summed E-state index contributed by atoms with van der Waals surface area (Å²) in [6.45, 7) is 3.98. The van der Waals surface area contributed by atoms with Crippen molar-refractivity contribution >= 4 is 5.82 Å². The van der Waals surface area contributed by atoms with Crippen molar-refractivity contribution in [2.75, 3.05) is 0 Å². The van der Waals surface area contributed by atoms with Gasteiger partial charge in [-0.3, -0.25) is 0 Å². The van der Waals surface area contributed by atoms with Crippen LogP contribution in [-0.4, -0.2) is 14.7 Å². The smallest absolute Gasteiger partial charge is 0.358 e. The molecule has 0 radical (unpaired) electrons. The second kappa shape index (κ2) is 3.34. The van der Waals surface area contributed by atoms with E-state index in [2.05, 4.69) is 5.10 Å². The Morgan fingerprint density at radius 1 is 1.83 bits per heavy atom. The van der Waals surface area contributed by atoms with E-state index in [1.807, 2.05) is 13.8 Å². The SMILES string of the molecule is CC[C@@H](C)n1ccc([N+](=O)[O-])n1. The Balaban J connectivity index is 2.84. The number of aromatic nitrogens is 2. The number of hydrogen-bond acceptors (Lipinski definition) is 3. The van der Waals surface area contributed by atoms with Crippen LogP contribution in [0.2, 0.25) is 0 Å². The zero-order valence-corrected chi connectivity index (χ0v) is 7.10. The molecule has 0 unspecified atom stereocenters. The minimum absolute atomic E-state index is 0.0877. The maximum atomic E-state index is 10.3. The van der Waals surface area contributed by atoms with E-state index in [0.717, 1.165) is 6.42 Å². The molecule has 12 heavy (non-hydrogen) atoms. The Labute approximate surface area is 70.2 Å². The molecule has 0 saturated carbocycles. The topological polar surface area (TPSA) is 61.0 Å². The van der Waals surface area contributed by atoms with Crippen LogP contribution >= 0.6 is 0 Å². The normalized spacial score (nSPS) is 12.8. The van der Waals surface area contributed by atoms with E-state index in [1.165, 1.54) is 6.07 Å². The molecule has 1 rings (SSSR count). The first-order chi connectivity index (χ1) is 5.65. The molecule has 1 atom stereocenters. The lowest BCUT2D eigenvalue weighted by Gasteiger charge is -2.02. The van der Waals surface area contributed by atoms with Crippen LogP contribution in [0.15, 0.2) is 12.3 Å². The number of rotatable bonds is 3. The van der Waals surface area contributed by atoms with Crippen LogP contribution in [0.1, 0.15) is 26.3 Å². The predicted molar refractivity (Wildman–Crippen MR) is 43.9 cm³/mol. The summed E-state index contributed by atoms with van der Waals surface area (Å²) in [5, 5.41) is 14.1. The molecule has 1 heterocycles. The van der Waals surface area contributed by atoms with E-state index in [9.17, 15) is 10.1 Å². The zero-order chi connectivity index (χ0) is 9.14. The average molecular weight is 169 g/mol. The lowest BCUT2D eigenvalue weighted by Crippen LogP contribution is -2.04. The molecule has 0 amide bonds. The van der Waals surface area contributed by atoms with Gasteiger partial charge in [0.25, 0.3) is 0 Å². The largest absolute Gasteiger partial charge is 0.389 e. The molecule has 5 heteroatoms. The van der Waals surface area contributed by atoms with Crippen molar-refractivity contribution in [2.24, 2.45) is 0 Å². The summed E-state index contributed by atoms with van der Waals surface area (Å²) in [6, 6.07) is 1.63. The summed E-state index contributed by atoms with van der Waals surface area (Å²) in [5.41, 5.74) is 0. The second-order valence-electron chi connectivity index (χ2n) is 2.67. The van der Waals surface area contributed by atoms with Gasteiger partial charge in [0.2, 0.25) is 0 Å². The molecule has 0 fully saturated rings. The third-order valence-electron chi connectivity index (χ3n) is 1.82. The minimum atomic E-state index is -0.487. The van der Waals surface area contributed by atoms with Gasteiger partial charge in [0.05, 0.1) is 23.4 Å². The first-order valence-corrected chi connectivity index (χ1v) is 3.84. The average Bonchev–Trinajstić information content (AvgIpc) is 2.51. The van der Waals surface area contributed by atoms with E-state index < -0.39 is 4.92 Å². The molecular formula is C7H11N3O2. The first-order valence-electron chi connectivity index (χ1n) is 3.84. The molecule has 0 aliphatic rings. The van der Waals surface area contributed by atoms with E-state index >= 15 is 0 Å². The maximum absolute atomic E-state index is 10.3. The lowest BCUT2D eigenvalue weighted by molar-refractivity contribution is -0.389. The highest BCUT2D eigenvalue weighted by molar-refractivity contribution is 5.14. The van der Waals surface area contributed by atoms with Gasteiger partial charge in [0, 0.05) is 0 Å². The molecule has 0 N–H and O–H groups in total. The Morgan fingerprint density at radius 2 is 2.50 bits per heavy atom. The highest BCUT2D eigenvalue weighted by atomic mass is 16.6. The molecule has 0 aromatic carbocycles. The third kappa shape index (κ3) is 1.61. The Hall–Kier alpha value is -1.39. The van der Waals surface area contributed by atoms with E-state index in [1.54, 1.807) is 10.9 Å². The van der Waals surface area contributed by atoms with Crippen molar-refractivity contribution in [2.45, 2.75) is 26.3 Å². The van der Waals surface area contributed by atoms with Gasteiger partial charge >= 0.3 is 5.82 Å². The fraction of sp³-hybridized carbons (Fsp3) is 0.571. The molecule has 0 bridgehead atoms. The predicted octanol–water partition coefficient (Wildman–Crippen LogP) is 1.76. The highest BCUT2D eigenvalue weighted by Gasteiger charge is 2.13. The van der Waals surface area contributed by atoms with E-state index in [4.69, 9.17) is 0 Å². The Kier molecular flexibility index (Phi) is 2.42. The Morgan fingerprint density at radius 3 is 2.92 bits per heavy atom. The highest BCUT2D eigenvalue weighted by Crippen LogP contribution is 2.12. The van der Waals surface area contributed by atoms with Crippen molar-refractivity contribution in [3.8, 4) is 0 Å². The monoisotopic (exact) mass is 169 g/mol. The molecule has 66 valence electrons. The van der Waals surface area contributed by atoms with Gasteiger partial charge in [-0.05, 0) is 18.3 Å². The van der Waals surface area contributed by atoms with Crippen molar-refractivity contribution in [3.63, 3.8) is 0 Å². The summed E-state index contributed by atoms with van der Waals surface area (Å²) in [7, 11) is 0. The molecule has 0 saturated heterocycles. The molecule has 5 nitrogen and oxygen atoms in total. The molecular weight excluding hydrogens is 158 g/mol. The third-order valence-corrected chi connectivity index (χ3v) is 1.82. The van der Waals surface area contributed by atoms with Gasteiger partial charge in [0.15, 0.2) is 0 Å². The van der Waals surface area contributed by atoms with Gasteiger partial charge in [-0.15, -0.1) is 0 Å². The van der Waals surface area contributed by atoms with Crippen molar-refractivity contribution in [3.05, 3.63) is 22.4 Å². The Bertz CT molecular complexity index is 282. The summed E-state index contributed by atoms with van der Waals surface area (Å²) in [4.78, 5) is 9.77. The van der Waals surface area contributed by atoms with Gasteiger partial charge in [-0.25, -0.2) is 0 Å². The molecule has 0 aliphatic carbocycles. The fourth-order valence-corrected chi connectivity index (χ4v) is 0.858. The molecule has 1 aromatic rings. The van der Waals surface area contributed by atoms with Gasteiger partial charge in [-0.2, -0.15) is 4.68 Å². The van der Waals surface area contributed by atoms with Crippen LogP contribution in [-0.2, 0) is 0 Å². The van der Waals surface area contributed by atoms with Crippen LogP contribution in [0.5, 0.6) is 0 Å². The van der Waals surface area contributed by atoms with Gasteiger partial charge < -0.3 is 10.1 Å². The van der Waals surface area contributed by atoms with Crippen LogP contribution in [0.4, 0.5) is 5.82 Å². The number of nitrogens with zero attached hydrogens (tertiary/aromatic N) is 3. The summed E-state index contributed by atoms with van der Waals surface area (Å²) < 4.78 is 1.61. The fourth-order valence-electron chi connectivity index (χ4n) is 0.858. The zero-order valence-electron chi connectivity index (χ0n) is 7.10. The first kappa shape index (κ1) is 8.70. The quantitative estimate of drug-likeness (QED) is 0.511. The summed E-state index contributed by atoms with van der Waals surface area (Å²) in [6.07, 6.45) is 2.55. The van der Waals surface area contributed by atoms with Crippen LogP contribution in [0.3, 0.4) is 0 Å². The van der Waals surface area contributed by atoms with Crippen LogP contribution < -0.4 is 0 Å². The van der Waals surface area contributed by atoms with Crippen molar-refractivity contribution in [1.82, 2.24) is 9.78 Å². The standard InChI is InChI=1S/C7H11N3O2/c1-3-6(2)9-5-4-7(8-9)10(11)12/h4-6H,3H2,1-2H3/t6-/m1/s1.